The molecule has 0 aromatic carbocycles. The molecule has 12 heavy (non-hydrogen) atoms. The standard InChI is InChI=1S/C6H8N2O3S/c1-10-6(9)3-4(7)11-8-5(3)12-2/h7H2,1-2H3. The van der Waals surface area contributed by atoms with Crippen LogP contribution in [0.3, 0.4) is 0 Å². The first kappa shape index (κ1) is 8.92. The lowest BCUT2D eigenvalue weighted by atomic mass is 10.3. The van der Waals surface area contributed by atoms with Gasteiger partial charge in [-0.05, 0) is 6.26 Å². The highest BCUT2D eigenvalue weighted by molar-refractivity contribution is 7.98. The van der Waals surface area contributed by atoms with Gasteiger partial charge in [0.05, 0.1) is 7.11 Å². The number of carbonyl (C=O) groups is 1. The van der Waals surface area contributed by atoms with E-state index in [9.17, 15) is 4.79 Å². The molecule has 0 bridgehead atoms. The zero-order valence-corrected chi connectivity index (χ0v) is 7.47. The number of hydrogen-bond acceptors (Lipinski definition) is 6. The second-order valence-corrected chi connectivity index (χ2v) is 2.72. The summed E-state index contributed by atoms with van der Waals surface area (Å²) in [7, 11) is 1.28. The van der Waals surface area contributed by atoms with Gasteiger partial charge in [0.1, 0.15) is 0 Å². The predicted octanol–water partition coefficient (Wildman–Crippen LogP) is 0.765. The molecule has 1 aromatic rings. The van der Waals surface area contributed by atoms with Crippen molar-refractivity contribution in [1.82, 2.24) is 5.16 Å². The van der Waals surface area contributed by atoms with Crippen LogP contribution in [-0.2, 0) is 4.74 Å². The zero-order chi connectivity index (χ0) is 9.14. The van der Waals surface area contributed by atoms with E-state index in [4.69, 9.17) is 5.73 Å². The van der Waals surface area contributed by atoms with Crippen LogP contribution in [0, 0.1) is 0 Å². The molecule has 0 fully saturated rings. The summed E-state index contributed by atoms with van der Waals surface area (Å²) in [6.45, 7) is 0. The second kappa shape index (κ2) is 3.48. The number of nitrogens with two attached hydrogens (primary N) is 1. The largest absolute Gasteiger partial charge is 0.465 e. The minimum absolute atomic E-state index is 0.00815. The van der Waals surface area contributed by atoms with Gasteiger partial charge >= 0.3 is 5.97 Å². The van der Waals surface area contributed by atoms with Gasteiger partial charge in [0.25, 0.3) is 0 Å². The maximum absolute atomic E-state index is 11.1. The van der Waals surface area contributed by atoms with Gasteiger partial charge in [-0.1, -0.05) is 5.16 Å². The third-order valence-electron chi connectivity index (χ3n) is 1.27. The van der Waals surface area contributed by atoms with Crippen molar-refractivity contribution in [3.63, 3.8) is 0 Å². The van der Waals surface area contributed by atoms with Gasteiger partial charge in [-0.3, -0.25) is 0 Å². The summed E-state index contributed by atoms with van der Waals surface area (Å²) < 4.78 is 9.10. The Morgan fingerprint density at radius 2 is 2.42 bits per heavy atom. The molecule has 0 aliphatic heterocycles. The fraction of sp³-hybridized carbons (Fsp3) is 0.333. The van der Waals surface area contributed by atoms with Crippen molar-refractivity contribution in [1.29, 1.82) is 0 Å². The Balaban J connectivity index is 3.10. The van der Waals surface area contributed by atoms with E-state index in [1.165, 1.54) is 18.9 Å². The monoisotopic (exact) mass is 188 g/mol. The molecule has 0 saturated heterocycles. The fourth-order valence-corrected chi connectivity index (χ4v) is 1.22. The molecular weight excluding hydrogens is 180 g/mol. The summed E-state index contributed by atoms with van der Waals surface area (Å²) in [6.07, 6.45) is 1.77. The summed E-state index contributed by atoms with van der Waals surface area (Å²) in [6, 6.07) is 0. The normalized spacial score (nSPS) is 9.83. The minimum atomic E-state index is -0.530. The molecule has 1 aromatic heterocycles. The van der Waals surface area contributed by atoms with Crippen molar-refractivity contribution in [2.24, 2.45) is 0 Å². The first-order valence-corrected chi connectivity index (χ1v) is 4.30. The van der Waals surface area contributed by atoms with Crippen LogP contribution in [0.4, 0.5) is 5.88 Å². The average Bonchev–Trinajstić information content (AvgIpc) is 2.45. The van der Waals surface area contributed by atoms with Gasteiger partial charge < -0.3 is 15.0 Å². The molecule has 1 rings (SSSR count). The van der Waals surface area contributed by atoms with Gasteiger partial charge in [0.2, 0.25) is 5.88 Å². The number of aromatic nitrogens is 1. The van der Waals surface area contributed by atoms with E-state index >= 15 is 0 Å². The first-order valence-electron chi connectivity index (χ1n) is 3.08. The summed E-state index contributed by atoms with van der Waals surface area (Å²) in [5, 5.41) is 4.01. The number of hydrogen-bond donors (Lipinski definition) is 1. The number of rotatable bonds is 2. The molecule has 0 amide bonds. The van der Waals surface area contributed by atoms with Crippen molar-refractivity contribution < 1.29 is 14.1 Å². The first-order chi connectivity index (χ1) is 5.70. The summed E-state index contributed by atoms with van der Waals surface area (Å²) in [5.41, 5.74) is 5.55. The molecule has 1 heterocycles. The van der Waals surface area contributed by atoms with Crippen LogP contribution in [0.5, 0.6) is 0 Å². The molecule has 0 unspecified atom stereocenters. The van der Waals surface area contributed by atoms with Crippen LogP contribution in [0.1, 0.15) is 10.4 Å². The summed E-state index contributed by atoms with van der Waals surface area (Å²) in [5.74, 6) is -0.538. The van der Waals surface area contributed by atoms with Gasteiger partial charge in [-0.15, -0.1) is 11.8 Å². The van der Waals surface area contributed by atoms with Crippen LogP contribution in [-0.4, -0.2) is 24.5 Å². The van der Waals surface area contributed by atoms with Gasteiger partial charge in [0, 0.05) is 0 Å². The lowest BCUT2D eigenvalue weighted by molar-refractivity contribution is 0.0598. The second-order valence-electron chi connectivity index (χ2n) is 1.92. The molecule has 6 heteroatoms. The predicted molar refractivity (Wildman–Crippen MR) is 44.0 cm³/mol. The fourth-order valence-electron chi connectivity index (χ4n) is 0.717. The Hall–Kier alpha value is -1.17. The zero-order valence-electron chi connectivity index (χ0n) is 6.66. The van der Waals surface area contributed by atoms with E-state index in [0.717, 1.165) is 0 Å². The molecular formula is C6H8N2O3S. The molecule has 0 aliphatic carbocycles. The lowest BCUT2D eigenvalue weighted by Crippen LogP contribution is -2.04. The molecule has 0 aliphatic rings. The number of anilines is 1. The van der Waals surface area contributed by atoms with E-state index in [0.29, 0.717) is 5.03 Å². The number of methoxy groups -OCH3 is 1. The topological polar surface area (TPSA) is 78.3 Å². The van der Waals surface area contributed by atoms with E-state index in [2.05, 4.69) is 14.4 Å². The summed E-state index contributed by atoms with van der Waals surface area (Å²) in [4.78, 5) is 11.1. The van der Waals surface area contributed by atoms with Crippen molar-refractivity contribution in [2.75, 3.05) is 19.1 Å². The average molecular weight is 188 g/mol. The van der Waals surface area contributed by atoms with Gasteiger partial charge in [-0.2, -0.15) is 0 Å². The lowest BCUT2D eigenvalue weighted by Gasteiger charge is -1.95. The van der Waals surface area contributed by atoms with E-state index in [-0.39, 0.29) is 11.4 Å². The Bertz CT molecular complexity index is 297. The smallest absolute Gasteiger partial charge is 0.346 e. The molecule has 66 valence electrons. The third-order valence-corrected chi connectivity index (χ3v) is 1.94. The molecule has 0 saturated carbocycles. The molecule has 2 N–H and O–H groups in total. The van der Waals surface area contributed by atoms with Crippen LogP contribution in [0.25, 0.3) is 0 Å². The van der Waals surface area contributed by atoms with Gasteiger partial charge in [0.15, 0.2) is 10.6 Å². The minimum Gasteiger partial charge on any atom is -0.465 e. The van der Waals surface area contributed by atoms with E-state index < -0.39 is 5.97 Å². The molecule has 5 nitrogen and oxygen atoms in total. The molecule has 0 atom stereocenters. The number of thioether (sulfide) groups is 1. The molecule has 0 spiro atoms. The van der Waals surface area contributed by atoms with Crippen molar-refractivity contribution in [3.8, 4) is 0 Å². The number of nitrogens with zero attached hydrogens (tertiary/aromatic N) is 1. The van der Waals surface area contributed by atoms with Gasteiger partial charge in [-0.25, -0.2) is 4.79 Å². The van der Waals surface area contributed by atoms with Crippen LogP contribution < -0.4 is 5.73 Å². The number of esters is 1. The Morgan fingerprint density at radius 1 is 1.75 bits per heavy atom. The van der Waals surface area contributed by atoms with Crippen molar-refractivity contribution >= 4 is 23.6 Å². The van der Waals surface area contributed by atoms with Crippen LogP contribution >= 0.6 is 11.8 Å². The number of ether oxygens (including phenoxy) is 1. The SMILES string of the molecule is COC(=O)c1c(SC)noc1N. The Labute approximate surface area is 73.2 Å². The van der Waals surface area contributed by atoms with E-state index in [1.807, 2.05) is 0 Å². The summed E-state index contributed by atoms with van der Waals surface area (Å²) >= 11 is 1.27. The van der Waals surface area contributed by atoms with Crippen molar-refractivity contribution in [3.05, 3.63) is 5.56 Å². The Kier molecular flexibility index (Phi) is 2.59. The van der Waals surface area contributed by atoms with Crippen molar-refractivity contribution in [2.45, 2.75) is 5.03 Å². The highest BCUT2D eigenvalue weighted by Crippen LogP contribution is 2.24. The maximum atomic E-state index is 11.1. The third kappa shape index (κ3) is 1.38. The number of nitrogen functional groups attached to an aromatic ring is 1. The maximum Gasteiger partial charge on any atom is 0.346 e. The quantitative estimate of drug-likeness (QED) is 0.545. The molecule has 0 radical (unpaired) electrons. The van der Waals surface area contributed by atoms with E-state index in [1.54, 1.807) is 6.26 Å². The van der Waals surface area contributed by atoms with Crippen LogP contribution in [0.2, 0.25) is 0 Å². The highest BCUT2D eigenvalue weighted by atomic mass is 32.2. The number of carbonyl (C=O) groups excluding carboxylic acids is 1. The van der Waals surface area contributed by atoms with Crippen LogP contribution in [0.15, 0.2) is 9.55 Å². The highest BCUT2D eigenvalue weighted by Gasteiger charge is 2.20. The Morgan fingerprint density at radius 3 is 2.92 bits per heavy atom.